The summed E-state index contributed by atoms with van der Waals surface area (Å²) < 4.78 is 1.20. The van der Waals surface area contributed by atoms with E-state index in [0.717, 1.165) is 0 Å². The quantitative estimate of drug-likeness (QED) is 0.677. The highest BCUT2D eigenvalue weighted by molar-refractivity contribution is 9.10. The Morgan fingerprint density at radius 1 is 0.944 bits per heavy atom. The Bertz CT molecular complexity index is 621. The average molecular weight is 299 g/mol. The number of benzene rings is 2. The summed E-state index contributed by atoms with van der Waals surface area (Å²) in [6, 6.07) is 13.3. The molecule has 2 aromatic rings. The third-order valence-corrected chi connectivity index (χ3v) is 4.19. The zero-order valence-corrected chi connectivity index (χ0v) is 12.2. The number of rotatable bonds is 1. The Morgan fingerprint density at radius 2 is 1.67 bits per heavy atom. The summed E-state index contributed by atoms with van der Waals surface area (Å²) in [5, 5.41) is 0. The topological polar surface area (TPSA) is 0 Å². The Hall–Kier alpha value is -1.34. The molecule has 0 N–H and O–H groups in total. The van der Waals surface area contributed by atoms with Crippen molar-refractivity contribution in [1.29, 1.82) is 0 Å². The first-order chi connectivity index (χ1) is 8.65. The standard InChI is InChI=1S/C17H15Br/c1-11-3-5-13(6-4-11)14-7-8-15-16(14)9-12(2)10-17(15)18/h3-10,14H,1-2H3. The van der Waals surface area contributed by atoms with Crippen LogP contribution in [0.3, 0.4) is 0 Å². The summed E-state index contributed by atoms with van der Waals surface area (Å²) >= 11 is 3.66. The van der Waals surface area contributed by atoms with E-state index in [1.165, 1.54) is 32.3 Å². The molecule has 3 rings (SSSR count). The van der Waals surface area contributed by atoms with E-state index in [2.05, 4.69) is 78.3 Å². The maximum Gasteiger partial charge on any atom is 0.0279 e. The summed E-state index contributed by atoms with van der Waals surface area (Å²) in [6.07, 6.45) is 4.52. The van der Waals surface area contributed by atoms with Gasteiger partial charge in [-0.2, -0.15) is 0 Å². The molecule has 1 aliphatic carbocycles. The first-order valence-corrected chi connectivity index (χ1v) is 6.99. The first-order valence-electron chi connectivity index (χ1n) is 6.20. The molecular weight excluding hydrogens is 284 g/mol. The average Bonchev–Trinajstić information content (AvgIpc) is 2.74. The van der Waals surface area contributed by atoms with E-state index in [-0.39, 0.29) is 0 Å². The van der Waals surface area contributed by atoms with Crippen molar-refractivity contribution in [2.45, 2.75) is 19.8 Å². The SMILES string of the molecule is Cc1ccc(C2C=Cc3c(Br)cc(C)cc32)cc1. The molecule has 1 heteroatoms. The molecule has 0 nitrogen and oxygen atoms in total. The number of allylic oxidation sites excluding steroid dienone is 1. The summed E-state index contributed by atoms with van der Waals surface area (Å²) in [6.45, 7) is 4.28. The molecule has 18 heavy (non-hydrogen) atoms. The number of fused-ring (bicyclic) bond motifs is 1. The van der Waals surface area contributed by atoms with E-state index >= 15 is 0 Å². The number of halogens is 1. The molecule has 0 saturated heterocycles. The van der Waals surface area contributed by atoms with E-state index in [4.69, 9.17) is 0 Å². The first kappa shape index (κ1) is 11.7. The van der Waals surface area contributed by atoms with Crippen molar-refractivity contribution >= 4 is 22.0 Å². The van der Waals surface area contributed by atoms with Crippen LogP contribution in [0.15, 0.2) is 46.9 Å². The molecule has 0 amide bonds. The second kappa shape index (κ2) is 4.40. The second-order valence-corrected chi connectivity index (χ2v) is 5.85. The summed E-state index contributed by atoms with van der Waals surface area (Å²) in [4.78, 5) is 0. The van der Waals surface area contributed by atoms with Crippen LogP contribution < -0.4 is 0 Å². The number of aryl methyl sites for hydroxylation is 2. The van der Waals surface area contributed by atoms with Crippen molar-refractivity contribution in [2.75, 3.05) is 0 Å². The maximum absolute atomic E-state index is 3.66. The molecule has 0 spiro atoms. The van der Waals surface area contributed by atoms with Crippen molar-refractivity contribution in [1.82, 2.24) is 0 Å². The van der Waals surface area contributed by atoms with Crippen molar-refractivity contribution in [2.24, 2.45) is 0 Å². The fourth-order valence-corrected chi connectivity index (χ4v) is 3.30. The normalized spacial score (nSPS) is 16.9. The van der Waals surface area contributed by atoms with Crippen LogP contribution in [-0.4, -0.2) is 0 Å². The Balaban J connectivity index is 2.10. The van der Waals surface area contributed by atoms with Crippen molar-refractivity contribution in [3.63, 3.8) is 0 Å². The van der Waals surface area contributed by atoms with Gasteiger partial charge in [-0.25, -0.2) is 0 Å². The molecule has 0 fully saturated rings. The highest BCUT2D eigenvalue weighted by Gasteiger charge is 2.20. The van der Waals surface area contributed by atoms with Gasteiger partial charge in [0.05, 0.1) is 0 Å². The summed E-state index contributed by atoms with van der Waals surface area (Å²) in [5.74, 6) is 0.400. The Labute approximate surface area is 116 Å². The van der Waals surface area contributed by atoms with Gasteiger partial charge in [0.15, 0.2) is 0 Å². The van der Waals surface area contributed by atoms with Gasteiger partial charge in [0.25, 0.3) is 0 Å². The lowest BCUT2D eigenvalue weighted by molar-refractivity contribution is 1.04. The van der Waals surface area contributed by atoms with E-state index < -0.39 is 0 Å². The Kier molecular flexibility index (Phi) is 2.87. The largest absolute Gasteiger partial charge is 0.0720 e. The van der Waals surface area contributed by atoms with E-state index in [1.54, 1.807) is 0 Å². The zero-order valence-electron chi connectivity index (χ0n) is 10.6. The molecule has 0 heterocycles. The minimum absolute atomic E-state index is 0.400. The summed E-state index contributed by atoms with van der Waals surface area (Å²) in [5.41, 5.74) is 6.72. The van der Waals surface area contributed by atoms with Crippen molar-refractivity contribution in [3.05, 3.63) is 74.8 Å². The number of hydrogen-bond acceptors (Lipinski definition) is 0. The van der Waals surface area contributed by atoms with Crippen LogP contribution in [0.4, 0.5) is 0 Å². The molecule has 0 radical (unpaired) electrons. The van der Waals surface area contributed by atoms with Crippen LogP contribution in [0.25, 0.3) is 6.08 Å². The monoisotopic (exact) mass is 298 g/mol. The lowest BCUT2D eigenvalue weighted by Gasteiger charge is -2.13. The highest BCUT2D eigenvalue weighted by Crippen LogP contribution is 2.39. The molecule has 0 saturated carbocycles. The molecule has 2 aromatic carbocycles. The van der Waals surface area contributed by atoms with Gasteiger partial charge in [-0.3, -0.25) is 0 Å². The van der Waals surface area contributed by atoms with Gasteiger partial charge in [-0.1, -0.05) is 64.0 Å². The summed E-state index contributed by atoms with van der Waals surface area (Å²) in [7, 11) is 0. The van der Waals surface area contributed by atoms with Gasteiger partial charge in [0.2, 0.25) is 0 Å². The van der Waals surface area contributed by atoms with Gasteiger partial charge < -0.3 is 0 Å². The minimum Gasteiger partial charge on any atom is -0.0720 e. The van der Waals surface area contributed by atoms with Crippen LogP contribution in [0.1, 0.15) is 33.7 Å². The lowest BCUT2D eigenvalue weighted by atomic mass is 9.92. The highest BCUT2D eigenvalue weighted by atomic mass is 79.9. The van der Waals surface area contributed by atoms with Crippen LogP contribution in [0, 0.1) is 13.8 Å². The van der Waals surface area contributed by atoms with Gasteiger partial charge in [-0.15, -0.1) is 0 Å². The fraction of sp³-hybridized carbons (Fsp3) is 0.176. The molecule has 0 aromatic heterocycles. The third-order valence-electron chi connectivity index (χ3n) is 3.53. The Morgan fingerprint density at radius 3 is 2.39 bits per heavy atom. The number of hydrogen-bond donors (Lipinski definition) is 0. The molecule has 1 unspecified atom stereocenters. The van der Waals surface area contributed by atoms with E-state index in [0.29, 0.717) is 5.92 Å². The van der Waals surface area contributed by atoms with Crippen LogP contribution in [0.2, 0.25) is 0 Å². The minimum atomic E-state index is 0.400. The van der Waals surface area contributed by atoms with Crippen LogP contribution in [0.5, 0.6) is 0 Å². The molecular formula is C17H15Br. The van der Waals surface area contributed by atoms with Gasteiger partial charge in [0, 0.05) is 10.4 Å². The maximum atomic E-state index is 3.66. The predicted molar refractivity (Wildman–Crippen MR) is 80.9 cm³/mol. The van der Waals surface area contributed by atoms with Crippen LogP contribution >= 0.6 is 15.9 Å². The van der Waals surface area contributed by atoms with Gasteiger partial charge in [-0.05, 0) is 42.2 Å². The smallest absolute Gasteiger partial charge is 0.0279 e. The molecule has 1 atom stereocenters. The van der Waals surface area contributed by atoms with Crippen LogP contribution in [-0.2, 0) is 0 Å². The van der Waals surface area contributed by atoms with Gasteiger partial charge in [0.1, 0.15) is 0 Å². The third kappa shape index (κ3) is 1.93. The van der Waals surface area contributed by atoms with Crippen molar-refractivity contribution < 1.29 is 0 Å². The van der Waals surface area contributed by atoms with Crippen molar-refractivity contribution in [3.8, 4) is 0 Å². The zero-order chi connectivity index (χ0) is 12.7. The molecule has 90 valence electrons. The lowest BCUT2D eigenvalue weighted by Crippen LogP contribution is -1.97. The molecule has 0 bridgehead atoms. The second-order valence-electron chi connectivity index (χ2n) is 5.00. The molecule has 0 aliphatic heterocycles. The molecule has 1 aliphatic rings. The predicted octanol–water partition coefficient (Wildman–Crippen LogP) is 5.22. The van der Waals surface area contributed by atoms with E-state index in [1.807, 2.05) is 0 Å². The fourth-order valence-electron chi connectivity index (χ4n) is 2.57. The van der Waals surface area contributed by atoms with Gasteiger partial charge >= 0.3 is 0 Å². The van der Waals surface area contributed by atoms with E-state index in [9.17, 15) is 0 Å².